The molecule has 0 saturated carbocycles. The molecule has 2 N–H and O–H groups in total. The highest BCUT2D eigenvalue weighted by Crippen LogP contribution is 2.13. The van der Waals surface area contributed by atoms with Crippen LogP contribution in [0.2, 0.25) is 0 Å². The molecule has 0 atom stereocenters. The average Bonchev–Trinajstić information content (AvgIpc) is 2.77. The summed E-state index contributed by atoms with van der Waals surface area (Å²) in [5.41, 5.74) is 0.854. The molecule has 29 heavy (non-hydrogen) atoms. The summed E-state index contributed by atoms with van der Waals surface area (Å²) in [6, 6.07) is 22.9. The van der Waals surface area contributed by atoms with Crippen molar-refractivity contribution in [2.24, 2.45) is 0 Å². The number of carbonyl (C=O) groups excluding carboxylic acids is 2. The fraction of sp³-hybridized carbons (Fsp3) is 0.167. The molecule has 0 radical (unpaired) electrons. The van der Waals surface area contributed by atoms with Crippen LogP contribution in [-0.2, 0) is 4.74 Å². The fourth-order valence-corrected chi connectivity index (χ4v) is 2.10. The number of ketones is 2. The lowest BCUT2D eigenvalue weighted by molar-refractivity contribution is 0.0817. The van der Waals surface area contributed by atoms with E-state index in [0.29, 0.717) is 11.1 Å². The molecule has 3 aromatic carbocycles. The zero-order valence-corrected chi connectivity index (χ0v) is 16.6. The lowest BCUT2D eigenvalue weighted by atomic mass is 10.0. The normalized spacial score (nSPS) is 9.31. The third kappa shape index (κ3) is 9.35. The molecule has 0 aliphatic rings. The number of carbonyl (C=O) groups is 2. The van der Waals surface area contributed by atoms with Gasteiger partial charge in [0.1, 0.15) is 11.5 Å². The smallest absolute Gasteiger partial charge is 0.233 e. The third-order valence-corrected chi connectivity index (χ3v) is 3.54. The van der Waals surface area contributed by atoms with Crippen molar-refractivity contribution in [2.45, 2.75) is 13.8 Å². The van der Waals surface area contributed by atoms with Crippen LogP contribution in [0.15, 0.2) is 84.9 Å². The second-order valence-electron chi connectivity index (χ2n) is 5.69. The topological polar surface area (TPSA) is 83.8 Å². The molecule has 3 aromatic rings. The van der Waals surface area contributed by atoms with Crippen molar-refractivity contribution in [3.63, 3.8) is 0 Å². The number of phenols is 2. The molecule has 0 unspecified atom stereocenters. The van der Waals surface area contributed by atoms with E-state index in [1.165, 1.54) is 24.3 Å². The van der Waals surface area contributed by atoms with E-state index in [1.807, 2.05) is 26.0 Å². The van der Waals surface area contributed by atoms with E-state index in [4.69, 9.17) is 14.9 Å². The average molecular weight is 394 g/mol. The van der Waals surface area contributed by atoms with Gasteiger partial charge in [0.2, 0.25) is 11.6 Å². The van der Waals surface area contributed by atoms with E-state index in [2.05, 4.69) is 0 Å². The first-order chi connectivity index (χ1) is 14.0. The maximum atomic E-state index is 11.8. The summed E-state index contributed by atoms with van der Waals surface area (Å²) in [5, 5.41) is 17.3. The maximum absolute atomic E-state index is 11.8. The second kappa shape index (κ2) is 13.7. The monoisotopic (exact) mass is 394 g/mol. The number of rotatable bonds is 5. The summed E-state index contributed by atoms with van der Waals surface area (Å²) in [6.07, 6.45) is 0. The van der Waals surface area contributed by atoms with Gasteiger partial charge in [-0.2, -0.15) is 0 Å². The summed E-state index contributed by atoms with van der Waals surface area (Å²) in [4.78, 5) is 23.6. The maximum Gasteiger partial charge on any atom is 0.233 e. The standard InChI is InChI=1S/C14H10O2.C6H6O2.C4H10O/c15-13(11-7-3-1-4-8-11)14(16)12-9-5-2-6-10-12;7-5-1-2-6(8)4-3-5;1-3-5-4-2/h1-10H;1-4,7-8H;3-4H2,1-2H3. The predicted octanol–water partition coefficient (Wildman–Crippen LogP) is 4.89. The first-order valence-corrected chi connectivity index (χ1v) is 9.24. The van der Waals surface area contributed by atoms with E-state index >= 15 is 0 Å². The Morgan fingerprint density at radius 3 is 1.17 bits per heavy atom. The summed E-state index contributed by atoms with van der Waals surface area (Å²) in [6.45, 7) is 5.67. The zero-order chi connectivity index (χ0) is 21.5. The quantitative estimate of drug-likeness (QED) is 0.366. The molecule has 0 aromatic heterocycles. The number of phenolic OH excluding ortho intramolecular Hbond substituents is 2. The molecule has 3 rings (SSSR count). The highest BCUT2D eigenvalue weighted by Gasteiger charge is 2.16. The van der Waals surface area contributed by atoms with Crippen LogP contribution < -0.4 is 0 Å². The summed E-state index contributed by atoms with van der Waals surface area (Å²) in [7, 11) is 0. The summed E-state index contributed by atoms with van der Waals surface area (Å²) >= 11 is 0. The van der Waals surface area contributed by atoms with E-state index in [1.54, 1.807) is 48.5 Å². The Kier molecular flexibility index (Phi) is 11.1. The van der Waals surface area contributed by atoms with E-state index in [-0.39, 0.29) is 11.5 Å². The second-order valence-corrected chi connectivity index (χ2v) is 5.69. The zero-order valence-electron chi connectivity index (χ0n) is 16.6. The van der Waals surface area contributed by atoms with E-state index < -0.39 is 11.6 Å². The van der Waals surface area contributed by atoms with Crippen LogP contribution in [-0.4, -0.2) is 35.0 Å². The van der Waals surface area contributed by atoms with Crippen LogP contribution in [0.4, 0.5) is 0 Å². The largest absolute Gasteiger partial charge is 0.508 e. The highest BCUT2D eigenvalue weighted by atomic mass is 16.5. The lowest BCUT2D eigenvalue weighted by Crippen LogP contribution is -2.14. The number of Topliss-reactive ketones (excluding diaryl/α,β-unsaturated/α-hetero) is 2. The SMILES string of the molecule is CCOCC.O=C(C(=O)c1ccccc1)c1ccccc1.Oc1ccc(O)cc1. The van der Waals surface area contributed by atoms with Crippen molar-refractivity contribution in [3.05, 3.63) is 96.1 Å². The molecule has 0 aliphatic carbocycles. The number of benzene rings is 3. The number of aromatic hydroxyl groups is 2. The van der Waals surface area contributed by atoms with Gasteiger partial charge >= 0.3 is 0 Å². The lowest BCUT2D eigenvalue weighted by Gasteiger charge is -1.99. The van der Waals surface area contributed by atoms with Crippen LogP contribution in [0.5, 0.6) is 11.5 Å². The Hall–Kier alpha value is -3.44. The van der Waals surface area contributed by atoms with Crippen molar-refractivity contribution in [1.82, 2.24) is 0 Å². The van der Waals surface area contributed by atoms with Crippen molar-refractivity contribution < 1.29 is 24.5 Å². The minimum atomic E-state index is -0.466. The molecule has 5 nitrogen and oxygen atoms in total. The molecule has 0 fully saturated rings. The van der Waals surface area contributed by atoms with Gasteiger partial charge in [-0.25, -0.2) is 0 Å². The van der Waals surface area contributed by atoms with Crippen molar-refractivity contribution in [1.29, 1.82) is 0 Å². The minimum Gasteiger partial charge on any atom is -0.508 e. The number of hydrogen-bond donors (Lipinski definition) is 2. The Bertz CT molecular complexity index is 771. The molecule has 152 valence electrons. The van der Waals surface area contributed by atoms with Gasteiger partial charge in [0.25, 0.3) is 0 Å². The minimum absolute atomic E-state index is 0.169. The van der Waals surface area contributed by atoms with Crippen LogP contribution in [0, 0.1) is 0 Å². The van der Waals surface area contributed by atoms with E-state index in [9.17, 15) is 9.59 Å². The Morgan fingerprint density at radius 1 is 0.621 bits per heavy atom. The predicted molar refractivity (Wildman–Crippen MR) is 113 cm³/mol. The van der Waals surface area contributed by atoms with Crippen LogP contribution in [0.1, 0.15) is 34.6 Å². The van der Waals surface area contributed by atoms with Gasteiger partial charge in [0.05, 0.1) is 0 Å². The molecular weight excluding hydrogens is 368 g/mol. The van der Waals surface area contributed by atoms with Crippen molar-refractivity contribution in [2.75, 3.05) is 13.2 Å². The van der Waals surface area contributed by atoms with E-state index in [0.717, 1.165) is 13.2 Å². The van der Waals surface area contributed by atoms with Gasteiger partial charge in [0.15, 0.2) is 0 Å². The number of ether oxygens (including phenoxy) is 1. The van der Waals surface area contributed by atoms with Gasteiger partial charge in [-0.1, -0.05) is 60.7 Å². The molecular formula is C24H26O5. The van der Waals surface area contributed by atoms with Gasteiger partial charge in [-0.3, -0.25) is 9.59 Å². The first-order valence-electron chi connectivity index (χ1n) is 9.24. The first kappa shape index (κ1) is 23.6. The van der Waals surface area contributed by atoms with Gasteiger partial charge in [-0.05, 0) is 38.1 Å². The van der Waals surface area contributed by atoms with Gasteiger partial charge < -0.3 is 14.9 Å². The Morgan fingerprint density at radius 2 is 0.931 bits per heavy atom. The van der Waals surface area contributed by atoms with Crippen LogP contribution >= 0.6 is 0 Å². The fourth-order valence-electron chi connectivity index (χ4n) is 2.10. The number of hydrogen-bond acceptors (Lipinski definition) is 5. The van der Waals surface area contributed by atoms with Crippen LogP contribution in [0.25, 0.3) is 0 Å². The third-order valence-electron chi connectivity index (χ3n) is 3.54. The molecule has 0 bridgehead atoms. The van der Waals surface area contributed by atoms with Crippen LogP contribution in [0.3, 0.4) is 0 Å². The Balaban J connectivity index is 0.000000269. The molecule has 0 spiro atoms. The molecule has 0 saturated heterocycles. The highest BCUT2D eigenvalue weighted by molar-refractivity contribution is 6.49. The summed E-state index contributed by atoms with van der Waals surface area (Å²) < 4.78 is 4.83. The van der Waals surface area contributed by atoms with Crippen molar-refractivity contribution >= 4 is 11.6 Å². The van der Waals surface area contributed by atoms with Gasteiger partial charge in [0, 0.05) is 24.3 Å². The molecule has 0 heterocycles. The molecule has 0 amide bonds. The molecule has 0 aliphatic heterocycles. The summed E-state index contributed by atoms with van der Waals surface area (Å²) in [5.74, 6) is -0.593. The van der Waals surface area contributed by atoms with Gasteiger partial charge in [-0.15, -0.1) is 0 Å². The van der Waals surface area contributed by atoms with Crippen molar-refractivity contribution in [3.8, 4) is 11.5 Å². The Labute approximate surface area is 171 Å². The molecule has 5 heteroatoms.